The largest absolute Gasteiger partial charge is 0.503 e. The average molecular weight is 447 g/mol. The van der Waals surface area contributed by atoms with Crippen LogP contribution in [0.25, 0.3) is 0 Å². The maximum absolute atomic E-state index is 13.3. The Morgan fingerprint density at radius 2 is 1.76 bits per heavy atom. The third-order valence-electron chi connectivity index (χ3n) is 6.51. The molecule has 2 aliphatic rings. The third-order valence-corrected chi connectivity index (χ3v) is 6.51. The summed E-state index contributed by atoms with van der Waals surface area (Å²) in [4.78, 5) is 30.5. The van der Waals surface area contributed by atoms with Gasteiger partial charge < -0.3 is 18.8 Å². The van der Waals surface area contributed by atoms with Crippen molar-refractivity contribution in [3.05, 3.63) is 95.0 Å². The molecule has 0 radical (unpaired) electrons. The molecule has 1 N–H and O–H groups in total. The van der Waals surface area contributed by atoms with E-state index >= 15 is 0 Å². The molecule has 1 amide bonds. The summed E-state index contributed by atoms with van der Waals surface area (Å²) in [5, 5.41) is 10.9. The number of aryl methyl sites for hydroxylation is 1. The molecule has 0 spiro atoms. The van der Waals surface area contributed by atoms with E-state index in [0.717, 1.165) is 42.8 Å². The first kappa shape index (κ1) is 21.3. The van der Waals surface area contributed by atoms with Crippen LogP contribution in [0.4, 0.5) is 0 Å². The van der Waals surface area contributed by atoms with E-state index in [0.29, 0.717) is 0 Å². The van der Waals surface area contributed by atoms with Crippen molar-refractivity contribution >= 4 is 11.7 Å². The number of ketones is 1. The molecule has 1 fully saturated rings. The summed E-state index contributed by atoms with van der Waals surface area (Å²) < 4.78 is 11.0. The van der Waals surface area contributed by atoms with Crippen LogP contribution < -0.4 is 0 Å². The first-order chi connectivity index (χ1) is 16.0. The highest BCUT2D eigenvalue weighted by molar-refractivity contribution is 6.15. The predicted molar refractivity (Wildman–Crippen MR) is 121 cm³/mol. The molecule has 2 aromatic heterocycles. The number of nitrogens with zero attached hydrogens (tertiary/aromatic N) is 2. The molecule has 5 rings (SSSR count). The number of furan rings is 2. The van der Waals surface area contributed by atoms with E-state index in [4.69, 9.17) is 8.83 Å². The second-order valence-corrected chi connectivity index (χ2v) is 8.61. The highest BCUT2D eigenvalue weighted by atomic mass is 16.3. The molecule has 0 bridgehead atoms. The van der Waals surface area contributed by atoms with E-state index in [9.17, 15) is 14.7 Å². The molecule has 1 saturated heterocycles. The lowest BCUT2D eigenvalue weighted by atomic mass is 9.94. The molecule has 2 unspecified atom stereocenters. The number of likely N-dealkylation sites (tertiary alicyclic amines) is 1. The number of hydrogen-bond acceptors (Lipinski definition) is 6. The van der Waals surface area contributed by atoms with Crippen molar-refractivity contribution in [2.45, 2.75) is 31.8 Å². The molecule has 33 heavy (non-hydrogen) atoms. The minimum absolute atomic E-state index is 0.0402. The van der Waals surface area contributed by atoms with Crippen molar-refractivity contribution < 1.29 is 23.5 Å². The Balaban J connectivity index is 1.56. The van der Waals surface area contributed by atoms with Gasteiger partial charge >= 0.3 is 0 Å². The highest BCUT2D eigenvalue weighted by Crippen LogP contribution is 2.41. The Labute approximate surface area is 191 Å². The Morgan fingerprint density at radius 1 is 1.06 bits per heavy atom. The second-order valence-electron chi connectivity index (χ2n) is 8.61. The zero-order valence-electron chi connectivity index (χ0n) is 18.4. The molecule has 7 nitrogen and oxygen atoms in total. The summed E-state index contributed by atoms with van der Waals surface area (Å²) in [6.07, 6.45) is 5.19. The van der Waals surface area contributed by atoms with Crippen molar-refractivity contribution in [1.82, 2.24) is 9.80 Å². The Bertz CT molecular complexity index is 1160. The number of rotatable bonds is 7. The van der Waals surface area contributed by atoms with Gasteiger partial charge in [-0.2, -0.15) is 0 Å². The van der Waals surface area contributed by atoms with Gasteiger partial charge in [0.1, 0.15) is 5.76 Å². The van der Waals surface area contributed by atoms with Crippen LogP contribution in [-0.2, 0) is 4.79 Å². The molecule has 170 valence electrons. The van der Waals surface area contributed by atoms with Crippen LogP contribution in [0.1, 0.15) is 52.4 Å². The molecule has 1 aromatic carbocycles. The van der Waals surface area contributed by atoms with Gasteiger partial charge in [-0.15, -0.1) is 0 Å². The van der Waals surface area contributed by atoms with Gasteiger partial charge in [0.05, 0.1) is 30.2 Å². The van der Waals surface area contributed by atoms with Crippen molar-refractivity contribution in [3.8, 4) is 0 Å². The van der Waals surface area contributed by atoms with Gasteiger partial charge in [-0.05, 0) is 62.7 Å². The number of Topliss-reactive ketones (excluding diaryl/α,β-unsaturated/α-hetero) is 1. The molecular formula is C26H26N2O5. The van der Waals surface area contributed by atoms with Crippen molar-refractivity contribution in [1.29, 1.82) is 0 Å². The van der Waals surface area contributed by atoms with Gasteiger partial charge in [-0.1, -0.05) is 29.8 Å². The van der Waals surface area contributed by atoms with E-state index in [1.165, 1.54) is 12.3 Å². The van der Waals surface area contributed by atoms with Gasteiger partial charge in [0, 0.05) is 6.54 Å². The second kappa shape index (κ2) is 8.75. The highest BCUT2D eigenvalue weighted by Gasteiger charge is 2.46. The molecule has 3 aromatic rings. The Morgan fingerprint density at radius 3 is 2.39 bits per heavy atom. The quantitative estimate of drug-likeness (QED) is 0.534. The molecule has 4 heterocycles. The summed E-state index contributed by atoms with van der Waals surface area (Å²) in [5.74, 6) is -0.731. The average Bonchev–Trinajstić information content (AvgIpc) is 3.62. The van der Waals surface area contributed by atoms with Crippen LogP contribution in [0.3, 0.4) is 0 Å². The standard InChI is InChI=1S/C26H26N2O5/c1-17-8-10-18(11-9-17)23-22(24(29)21-7-5-15-33-21)25(30)26(31)28(23)16-19(20-6-4-14-32-20)27-12-2-3-13-27/h4-11,14-15,19,23,30H,2-3,12-13,16H2,1H3. The van der Waals surface area contributed by atoms with Crippen LogP contribution in [0.5, 0.6) is 0 Å². The topological polar surface area (TPSA) is 87.1 Å². The van der Waals surface area contributed by atoms with Gasteiger partial charge in [-0.3, -0.25) is 14.5 Å². The summed E-state index contributed by atoms with van der Waals surface area (Å²) >= 11 is 0. The van der Waals surface area contributed by atoms with Crippen molar-refractivity contribution in [3.63, 3.8) is 0 Å². The fourth-order valence-corrected chi connectivity index (χ4v) is 4.82. The fraction of sp³-hybridized carbons (Fsp3) is 0.308. The summed E-state index contributed by atoms with van der Waals surface area (Å²) in [5.41, 5.74) is 1.86. The van der Waals surface area contributed by atoms with Crippen molar-refractivity contribution in [2.75, 3.05) is 19.6 Å². The number of carbonyl (C=O) groups excluding carboxylic acids is 2. The maximum Gasteiger partial charge on any atom is 0.290 e. The van der Waals surface area contributed by atoms with Gasteiger partial charge in [0.25, 0.3) is 5.91 Å². The lowest BCUT2D eigenvalue weighted by molar-refractivity contribution is -0.130. The number of hydrogen-bond donors (Lipinski definition) is 1. The predicted octanol–water partition coefficient (Wildman–Crippen LogP) is 4.60. The fourth-order valence-electron chi connectivity index (χ4n) is 4.82. The lowest BCUT2D eigenvalue weighted by Gasteiger charge is -2.33. The summed E-state index contributed by atoms with van der Waals surface area (Å²) in [7, 11) is 0. The van der Waals surface area contributed by atoms with Crippen LogP contribution in [0.2, 0.25) is 0 Å². The zero-order valence-corrected chi connectivity index (χ0v) is 18.4. The van der Waals surface area contributed by atoms with E-state index in [1.807, 2.05) is 43.3 Å². The van der Waals surface area contributed by atoms with Crippen molar-refractivity contribution in [2.24, 2.45) is 0 Å². The van der Waals surface area contributed by atoms with E-state index < -0.39 is 23.5 Å². The number of amides is 1. The molecule has 2 aliphatic heterocycles. The van der Waals surface area contributed by atoms with E-state index in [2.05, 4.69) is 4.90 Å². The van der Waals surface area contributed by atoms with Crippen LogP contribution >= 0.6 is 0 Å². The normalized spacial score (nSPS) is 20.1. The molecule has 0 saturated carbocycles. The number of benzene rings is 1. The van der Waals surface area contributed by atoms with Crippen LogP contribution in [0.15, 0.2) is 81.2 Å². The summed E-state index contributed by atoms with van der Waals surface area (Å²) in [6, 6.07) is 13.7. The third kappa shape index (κ3) is 3.89. The zero-order chi connectivity index (χ0) is 22.9. The van der Waals surface area contributed by atoms with Crippen LogP contribution in [0, 0.1) is 6.92 Å². The SMILES string of the molecule is Cc1ccc(C2C(C(=O)c3ccco3)=C(O)C(=O)N2CC(c2ccco2)N2CCCC2)cc1. The Hall–Kier alpha value is -3.58. The van der Waals surface area contributed by atoms with E-state index in [-0.39, 0.29) is 23.9 Å². The maximum atomic E-state index is 13.3. The summed E-state index contributed by atoms with van der Waals surface area (Å²) in [6.45, 7) is 4.06. The lowest BCUT2D eigenvalue weighted by Crippen LogP contribution is -2.40. The van der Waals surface area contributed by atoms with E-state index in [1.54, 1.807) is 17.2 Å². The monoisotopic (exact) mass is 446 g/mol. The first-order valence-corrected chi connectivity index (χ1v) is 11.2. The minimum Gasteiger partial charge on any atom is -0.503 e. The van der Waals surface area contributed by atoms with Gasteiger partial charge in [0.2, 0.25) is 5.78 Å². The van der Waals surface area contributed by atoms with Gasteiger partial charge in [0.15, 0.2) is 11.5 Å². The first-order valence-electron chi connectivity index (χ1n) is 11.2. The molecule has 0 aliphatic carbocycles. The van der Waals surface area contributed by atoms with Crippen LogP contribution in [-0.4, -0.2) is 46.2 Å². The molecular weight excluding hydrogens is 420 g/mol. The minimum atomic E-state index is -0.726. The number of aliphatic hydroxyl groups is 1. The molecule has 7 heteroatoms. The Kier molecular flexibility index (Phi) is 5.64. The number of carbonyl (C=O) groups is 2. The number of aliphatic hydroxyl groups excluding tert-OH is 1. The van der Waals surface area contributed by atoms with Gasteiger partial charge in [-0.25, -0.2) is 0 Å². The molecule has 2 atom stereocenters. The smallest absolute Gasteiger partial charge is 0.290 e.